The van der Waals surface area contributed by atoms with Gasteiger partial charge in [0.15, 0.2) is 5.16 Å². The molecular weight excluding hydrogens is 296 g/mol. The van der Waals surface area contributed by atoms with Gasteiger partial charge in [0.05, 0.1) is 24.7 Å². The summed E-state index contributed by atoms with van der Waals surface area (Å²) in [7, 11) is 1.57. The van der Waals surface area contributed by atoms with Crippen molar-refractivity contribution in [2.24, 2.45) is 0 Å². The van der Waals surface area contributed by atoms with Crippen molar-refractivity contribution in [3.05, 3.63) is 42.7 Å². The number of hydrogen-bond acceptors (Lipinski definition) is 5. The number of methoxy groups -OCH3 is 1. The first kappa shape index (κ1) is 15.4. The molecular formula is C14H13F2N3OS. The maximum absolute atomic E-state index is 11.9. The van der Waals surface area contributed by atoms with Crippen LogP contribution in [0, 0.1) is 0 Å². The van der Waals surface area contributed by atoms with Crippen molar-refractivity contribution < 1.29 is 13.5 Å². The lowest BCUT2D eigenvalue weighted by molar-refractivity contribution is 0.413. The average Bonchev–Trinajstić information content (AvgIpc) is 2.52. The highest BCUT2D eigenvalue weighted by Gasteiger charge is 2.04. The number of thioether (sulfide) groups is 1. The molecule has 21 heavy (non-hydrogen) atoms. The van der Waals surface area contributed by atoms with E-state index in [4.69, 9.17) is 4.74 Å². The summed E-state index contributed by atoms with van der Waals surface area (Å²) in [6.45, 7) is 0. The van der Waals surface area contributed by atoms with Crippen molar-refractivity contribution in [2.75, 3.05) is 12.9 Å². The van der Waals surface area contributed by atoms with Gasteiger partial charge in [0.1, 0.15) is 5.75 Å². The van der Waals surface area contributed by atoms with Crippen LogP contribution in [-0.4, -0.2) is 27.8 Å². The number of aromatic nitrogens is 3. The van der Waals surface area contributed by atoms with E-state index < -0.39 is 6.08 Å². The molecule has 7 heteroatoms. The second-order valence-corrected chi connectivity index (χ2v) is 5.00. The number of allylic oxidation sites excluding steroid dienone is 1. The van der Waals surface area contributed by atoms with Crippen molar-refractivity contribution in [3.8, 4) is 17.1 Å². The van der Waals surface area contributed by atoms with E-state index in [1.54, 1.807) is 37.7 Å². The smallest absolute Gasteiger partial charge is 0.266 e. The van der Waals surface area contributed by atoms with Crippen LogP contribution < -0.4 is 4.74 Å². The van der Waals surface area contributed by atoms with Gasteiger partial charge in [-0.1, -0.05) is 11.8 Å². The Kier molecular flexibility index (Phi) is 5.62. The van der Waals surface area contributed by atoms with Crippen LogP contribution in [0.2, 0.25) is 0 Å². The molecule has 4 nitrogen and oxygen atoms in total. The van der Waals surface area contributed by atoms with Gasteiger partial charge in [-0.2, -0.15) is 8.78 Å². The second-order valence-electron chi connectivity index (χ2n) is 3.94. The molecule has 0 bridgehead atoms. The molecule has 0 unspecified atom stereocenters. The largest absolute Gasteiger partial charge is 0.495 e. The zero-order chi connectivity index (χ0) is 15.1. The molecule has 2 heterocycles. The third kappa shape index (κ3) is 4.78. The minimum atomic E-state index is -1.66. The summed E-state index contributed by atoms with van der Waals surface area (Å²) in [5.74, 6) is 1.17. The maximum Gasteiger partial charge on any atom is 0.266 e. The zero-order valence-corrected chi connectivity index (χ0v) is 12.1. The maximum atomic E-state index is 11.9. The van der Waals surface area contributed by atoms with Gasteiger partial charge in [0, 0.05) is 11.9 Å². The average molecular weight is 309 g/mol. The van der Waals surface area contributed by atoms with Crippen LogP contribution in [-0.2, 0) is 0 Å². The SMILES string of the molecule is COc1ccc(-c2ccnc(SCCC=C(F)F)n2)nc1. The Labute approximate surface area is 125 Å². The Hall–Kier alpha value is -2.02. The molecule has 0 N–H and O–H groups in total. The first-order valence-corrected chi connectivity index (χ1v) is 7.15. The molecule has 0 atom stereocenters. The Morgan fingerprint density at radius 2 is 2.10 bits per heavy atom. The molecule has 0 aliphatic heterocycles. The molecule has 0 amide bonds. The van der Waals surface area contributed by atoms with Gasteiger partial charge >= 0.3 is 0 Å². The third-order valence-corrected chi connectivity index (χ3v) is 3.41. The molecule has 0 spiro atoms. The van der Waals surface area contributed by atoms with Crippen molar-refractivity contribution in [1.82, 2.24) is 15.0 Å². The summed E-state index contributed by atoms with van der Waals surface area (Å²) in [5, 5.41) is 0.540. The molecule has 0 aromatic carbocycles. The summed E-state index contributed by atoms with van der Waals surface area (Å²) >= 11 is 1.33. The van der Waals surface area contributed by atoms with Crippen molar-refractivity contribution in [3.63, 3.8) is 0 Å². The van der Waals surface area contributed by atoms with E-state index in [1.807, 2.05) is 0 Å². The molecule has 2 aromatic heterocycles. The van der Waals surface area contributed by atoms with E-state index in [2.05, 4.69) is 15.0 Å². The van der Waals surface area contributed by atoms with E-state index in [9.17, 15) is 8.78 Å². The standard InChI is InChI=1S/C14H13F2N3OS/c1-20-10-4-5-11(18-9-10)12-6-7-17-14(19-12)21-8-2-3-13(15)16/h3-7,9H,2,8H2,1H3. The fourth-order valence-electron chi connectivity index (χ4n) is 1.52. The molecule has 0 radical (unpaired) electrons. The Morgan fingerprint density at radius 1 is 1.24 bits per heavy atom. The van der Waals surface area contributed by atoms with Crippen LogP contribution in [0.3, 0.4) is 0 Å². The normalized spacial score (nSPS) is 10.2. The molecule has 0 saturated carbocycles. The molecule has 110 valence electrons. The monoisotopic (exact) mass is 309 g/mol. The Morgan fingerprint density at radius 3 is 2.76 bits per heavy atom. The van der Waals surface area contributed by atoms with E-state index in [1.165, 1.54) is 11.8 Å². The number of pyridine rings is 1. The van der Waals surface area contributed by atoms with Gasteiger partial charge in [-0.15, -0.1) is 0 Å². The first-order valence-electron chi connectivity index (χ1n) is 6.16. The molecule has 0 saturated heterocycles. The molecule has 0 aliphatic carbocycles. The van der Waals surface area contributed by atoms with Crippen molar-refractivity contribution in [1.29, 1.82) is 0 Å². The molecule has 0 aliphatic rings. The van der Waals surface area contributed by atoms with Crippen LogP contribution in [0.1, 0.15) is 6.42 Å². The number of rotatable bonds is 6. The number of ether oxygens (including phenoxy) is 1. The number of hydrogen-bond donors (Lipinski definition) is 0. The summed E-state index contributed by atoms with van der Waals surface area (Å²) in [4.78, 5) is 12.7. The highest BCUT2D eigenvalue weighted by atomic mass is 32.2. The minimum Gasteiger partial charge on any atom is -0.495 e. The van der Waals surface area contributed by atoms with E-state index in [-0.39, 0.29) is 6.42 Å². The van der Waals surface area contributed by atoms with Crippen molar-refractivity contribution in [2.45, 2.75) is 11.6 Å². The van der Waals surface area contributed by atoms with Crippen molar-refractivity contribution >= 4 is 11.8 Å². The van der Waals surface area contributed by atoms with Gasteiger partial charge in [0.25, 0.3) is 6.08 Å². The topological polar surface area (TPSA) is 47.9 Å². The van der Waals surface area contributed by atoms with E-state index in [0.29, 0.717) is 28.0 Å². The molecule has 2 rings (SSSR count). The number of nitrogens with zero attached hydrogens (tertiary/aromatic N) is 3. The van der Waals surface area contributed by atoms with E-state index in [0.717, 1.165) is 6.08 Å². The van der Waals surface area contributed by atoms with Gasteiger partial charge in [0.2, 0.25) is 0 Å². The minimum absolute atomic E-state index is 0.279. The summed E-state index contributed by atoms with van der Waals surface area (Å²) in [6, 6.07) is 5.35. The summed E-state index contributed by atoms with van der Waals surface area (Å²) in [5.41, 5.74) is 1.39. The summed E-state index contributed by atoms with van der Waals surface area (Å²) < 4.78 is 28.9. The van der Waals surface area contributed by atoms with Crippen LogP contribution in [0.4, 0.5) is 8.78 Å². The fourth-order valence-corrected chi connectivity index (χ4v) is 2.24. The molecule has 0 fully saturated rings. The van der Waals surface area contributed by atoms with Crippen LogP contribution in [0.15, 0.2) is 47.9 Å². The van der Waals surface area contributed by atoms with E-state index >= 15 is 0 Å². The first-order chi connectivity index (χ1) is 10.2. The number of halogens is 2. The highest BCUT2D eigenvalue weighted by Crippen LogP contribution is 2.20. The predicted molar refractivity (Wildman–Crippen MR) is 77.5 cm³/mol. The van der Waals surface area contributed by atoms with Gasteiger partial charge in [-0.3, -0.25) is 4.98 Å². The highest BCUT2D eigenvalue weighted by molar-refractivity contribution is 7.99. The lowest BCUT2D eigenvalue weighted by Gasteiger charge is -2.03. The Bertz CT molecular complexity index is 616. The zero-order valence-electron chi connectivity index (χ0n) is 11.3. The third-order valence-electron chi connectivity index (χ3n) is 2.52. The predicted octanol–water partition coefficient (Wildman–Crippen LogP) is 3.81. The quantitative estimate of drug-likeness (QED) is 0.461. The van der Waals surface area contributed by atoms with Crippen LogP contribution >= 0.6 is 11.8 Å². The van der Waals surface area contributed by atoms with Gasteiger partial charge in [-0.25, -0.2) is 9.97 Å². The van der Waals surface area contributed by atoms with Gasteiger partial charge < -0.3 is 4.74 Å². The second kappa shape index (κ2) is 7.68. The Balaban J connectivity index is 2.04. The van der Waals surface area contributed by atoms with Crippen LogP contribution in [0.25, 0.3) is 11.4 Å². The van der Waals surface area contributed by atoms with Crippen LogP contribution in [0.5, 0.6) is 5.75 Å². The molecule has 2 aromatic rings. The van der Waals surface area contributed by atoms with Gasteiger partial charge in [-0.05, 0) is 30.7 Å². The summed E-state index contributed by atoms with van der Waals surface area (Å²) in [6.07, 6.45) is 2.75. The lowest BCUT2D eigenvalue weighted by atomic mass is 10.2. The lowest BCUT2D eigenvalue weighted by Crippen LogP contribution is -1.93. The fraction of sp³-hybridized carbons (Fsp3) is 0.214.